The van der Waals surface area contributed by atoms with E-state index in [1.165, 1.54) is 25.0 Å². The van der Waals surface area contributed by atoms with Crippen molar-refractivity contribution in [1.29, 1.82) is 0 Å². The van der Waals surface area contributed by atoms with Gasteiger partial charge in [0, 0.05) is 24.8 Å². The Hall–Kier alpha value is -1.62. The summed E-state index contributed by atoms with van der Waals surface area (Å²) in [6, 6.07) is 5.32. The van der Waals surface area contributed by atoms with Gasteiger partial charge in [-0.25, -0.2) is 4.39 Å². The zero-order valence-electron chi connectivity index (χ0n) is 11.7. The van der Waals surface area contributed by atoms with E-state index in [0.29, 0.717) is 24.7 Å². The van der Waals surface area contributed by atoms with Gasteiger partial charge in [-0.2, -0.15) is 0 Å². The van der Waals surface area contributed by atoms with Gasteiger partial charge in [-0.3, -0.25) is 9.69 Å². The number of nitrogens with one attached hydrogen (secondary N) is 1. The van der Waals surface area contributed by atoms with Crippen LogP contribution in [0, 0.1) is 12.7 Å². The molecule has 0 radical (unpaired) electrons. The zero-order valence-corrected chi connectivity index (χ0v) is 11.7. The second-order valence-corrected chi connectivity index (χ2v) is 6.04. The molecule has 1 aliphatic carbocycles. The predicted octanol–water partition coefficient (Wildman–Crippen LogP) is 1.64. The van der Waals surface area contributed by atoms with Crippen molar-refractivity contribution < 1.29 is 9.18 Å². The fourth-order valence-corrected chi connectivity index (χ4v) is 3.04. The van der Waals surface area contributed by atoms with Gasteiger partial charge in [-0.15, -0.1) is 0 Å². The van der Waals surface area contributed by atoms with E-state index in [1.54, 1.807) is 0 Å². The predicted molar refractivity (Wildman–Crippen MR) is 75.9 cm³/mol. The Morgan fingerprint density at radius 2 is 2.20 bits per heavy atom. The van der Waals surface area contributed by atoms with Crippen molar-refractivity contribution in [1.82, 2.24) is 4.90 Å². The summed E-state index contributed by atoms with van der Waals surface area (Å²) in [6.45, 7) is 3.31. The first-order valence-electron chi connectivity index (χ1n) is 7.08. The average Bonchev–Trinajstić information content (AvgIpc) is 3.10. The Labute approximate surface area is 118 Å². The lowest BCUT2D eigenvalue weighted by molar-refractivity contribution is -0.121. The van der Waals surface area contributed by atoms with Crippen molar-refractivity contribution in [3.05, 3.63) is 29.6 Å². The minimum absolute atomic E-state index is 0.302. The maximum Gasteiger partial charge on any atom is 0.244 e. The smallest absolute Gasteiger partial charge is 0.244 e. The number of primary amides is 1. The van der Waals surface area contributed by atoms with Gasteiger partial charge in [0.05, 0.1) is 0 Å². The van der Waals surface area contributed by atoms with Crippen LogP contribution in [0.2, 0.25) is 0 Å². The van der Waals surface area contributed by atoms with E-state index < -0.39 is 5.54 Å². The number of amides is 1. The van der Waals surface area contributed by atoms with Crippen molar-refractivity contribution >= 4 is 11.6 Å². The van der Waals surface area contributed by atoms with Gasteiger partial charge in [0.1, 0.15) is 11.4 Å². The molecule has 0 spiro atoms. The number of benzene rings is 1. The van der Waals surface area contributed by atoms with E-state index >= 15 is 0 Å². The van der Waals surface area contributed by atoms with Crippen molar-refractivity contribution in [3.63, 3.8) is 0 Å². The summed E-state index contributed by atoms with van der Waals surface area (Å²) in [5.74, 6) is -0.660. The van der Waals surface area contributed by atoms with E-state index in [2.05, 4.69) is 10.2 Å². The molecule has 108 valence electrons. The van der Waals surface area contributed by atoms with Crippen LogP contribution in [0.25, 0.3) is 0 Å². The third kappa shape index (κ3) is 2.50. The molecule has 5 heteroatoms. The van der Waals surface area contributed by atoms with Gasteiger partial charge < -0.3 is 11.1 Å². The molecule has 0 bridgehead atoms. The minimum atomic E-state index is -0.775. The average molecular weight is 277 g/mol. The lowest BCUT2D eigenvalue weighted by atomic mass is 9.97. The highest BCUT2D eigenvalue weighted by Crippen LogP contribution is 2.35. The number of nitrogens with zero attached hydrogens (tertiary/aromatic N) is 1. The second kappa shape index (κ2) is 4.74. The molecular weight excluding hydrogens is 257 g/mol. The summed E-state index contributed by atoms with van der Waals surface area (Å²) in [4.78, 5) is 14.2. The molecule has 1 saturated heterocycles. The summed E-state index contributed by atoms with van der Waals surface area (Å²) in [6.07, 6.45) is 3.08. The molecule has 1 heterocycles. The van der Waals surface area contributed by atoms with Crippen LogP contribution in [0.15, 0.2) is 18.2 Å². The minimum Gasteiger partial charge on any atom is -0.370 e. The molecule has 3 N–H and O–H groups in total. The molecule has 2 fully saturated rings. The van der Waals surface area contributed by atoms with Crippen molar-refractivity contribution in [2.24, 2.45) is 5.73 Å². The van der Waals surface area contributed by atoms with E-state index in [4.69, 9.17) is 5.73 Å². The Morgan fingerprint density at radius 1 is 1.45 bits per heavy atom. The molecule has 20 heavy (non-hydrogen) atoms. The fraction of sp³-hybridized carbons (Fsp3) is 0.533. The van der Waals surface area contributed by atoms with Crippen molar-refractivity contribution in [3.8, 4) is 0 Å². The van der Waals surface area contributed by atoms with Gasteiger partial charge in [0.2, 0.25) is 5.91 Å². The number of rotatable bonds is 4. The summed E-state index contributed by atoms with van der Waals surface area (Å²) < 4.78 is 13.5. The highest BCUT2D eigenvalue weighted by molar-refractivity contribution is 5.88. The molecule has 1 aromatic carbocycles. The van der Waals surface area contributed by atoms with Gasteiger partial charge in [0.15, 0.2) is 0 Å². The molecule has 1 unspecified atom stereocenters. The first-order valence-corrected chi connectivity index (χ1v) is 7.08. The van der Waals surface area contributed by atoms with Crippen LogP contribution in [0.4, 0.5) is 10.1 Å². The molecule has 1 saturated carbocycles. The van der Waals surface area contributed by atoms with Crippen LogP contribution in [0.1, 0.15) is 24.8 Å². The topological polar surface area (TPSA) is 58.4 Å². The number of carbonyl (C=O) groups is 1. The Balaban J connectivity index is 1.82. The lowest BCUT2D eigenvalue weighted by Crippen LogP contribution is -2.52. The number of anilines is 1. The quantitative estimate of drug-likeness (QED) is 0.879. The number of nitrogens with two attached hydrogens (primary N) is 1. The summed E-state index contributed by atoms with van der Waals surface area (Å²) in [7, 11) is 0. The maximum atomic E-state index is 13.5. The van der Waals surface area contributed by atoms with Gasteiger partial charge >= 0.3 is 0 Å². The van der Waals surface area contributed by atoms with Crippen LogP contribution >= 0.6 is 0 Å². The standard InChI is InChI=1S/C15H20FN3O/c1-10-6-11(16)8-12(7-10)18-15(14(17)20)4-5-19(9-15)13-2-3-13/h6-8,13,18H,2-5,9H2,1H3,(H2,17,20). The first-order chi connectivity index (χ1) is 9.48. The Kier molecular flexibility index (Phi) is 3.17. The number of likely N-dealkylation sites (tertiary alicyclic amines) is 1. The van der Waals surface area contributed by atoms with E-state index in [9.17, 15) is 9.18 Å². The first kappa shape index (κ1) is 13.4. The molecule has 0 aromatic heterocycles. The normalized spacial score (nSPS) is 26.7. The van der Waals surface area contributed by atoms with E-state index in [1.807, 2.05) is 13.0 Å². The van der Waals surface area contributed by atoms with Gasteiger partial charge in [0.25, 0.3) is 0 Å². The maximum absolute atomic E-state index is 13.5. The highest BCUT2D eigenvalue weighted by atomic mass is 19.1. The number of aryl methyl sites for hydroxylation is 1. The summed E-state index contributed by atoms with van der Waals surface area (Å²) >= 11 is 0. The van der Waals surface area contributed by atoms with E-state index in [-0.39, 0.29) is 11.7 Å². The monoisotopic (exact) mass is 277 g/mol. The van der Waals surface area contributed by atoms with Crippen molar-refractivity contribution in [2.45, 2.75) is 37.8 Å². The lowest BCUT2D eigenvalue weighted by Gasteiger charge is -2.28. The third-order valence-electron chi connectivity index (χ3n) is 4.26. The van der Waals surface area contributed by atoms with Crippen LogP contribution in [-0.2, 0) is 4.79 Å². The SMILES string of the molecule is Cc1cc(F)cc(NC2(C(N)=O)CCN(C3CC3)C2)c1. The van der Waals surface area contributed by atoms with Crippen LogP contribution < -0.4 is 11.1 Å². The molecule has 2 aliphatic rings. The van der Waals surface area contributed by atoms with Gasteiger partial charge in [-0.05, 0) is 49.9 Å². The summed E-state index contributed by atoms with van der Waals surface area (Å²) in [5.41, 5.74) is 6.29. The van der Waals surface area contributed by atoms with Crippen LogP contribution in [-0.4, -0.2) is 35.5 Å². The second-order valence-electron chi connectivity index (χ2n) is 6.04. The van der Waals surface area contributed by atoms with Crippen LogP contribution in [0.3, 0.4) is 0 Å². The largest absolute Gasteiger partial charge is 0.370 e. The Morgan fingerprint density at radius 3 is 2.80 bits per heavy atom. The molecular formula is C15H20FN3O. The number of hydrogen-bond acceptors (Lipinski definition) is 3. The molecule has 1 aliphatic heterocycles. The molecule has 4 nitrogen and oxygen atoms in total. The molecule has 1 aromatic rings. The van der Waals surface area contributed by atoms with Crippen molar-refractivity contribution in [2.75, 3.05) is 18.4 Å². The Bertz CT molecular complexity index is 524. The highest BCUT2D eigenvalue weighted by Gasteiger charge is 2.47. The number of carbonyl (C=O) groups excluding carboxylic acids is 1. The van der Waals surface area contributed by atoms with Crippen LogP contribution in [0.5, 0.6) is 0 Å². The summed E-state index contributed by atoms with van der Waals surface area (Å²) in [5, 5.41) is 3.19. The van der Waals surface area contributed by atoms with E-state index in [0.717, 1.165) is 12.1 Å². The molecule has 3 rings (SSSR count). The molecule has 1 atom stereocenters. The number of hydrogen-bond donors (Lipinski definition) is 2. The molecule has 1 amide bonds. The fourth-order valence-electron chi connectivity index (χ4n) is 3.04. The van der Waals surface area contributed by atoms with Gasteiger partial charge in [-0.1, -0.05) is 0 Å². The zero-order chi connectivity index (χ0) is 14.3. The third-order valence-corrected chi connectivity index (χ3v) is 4.26. The number of halogens is 1.